The molecule has 0 aliphatic rings. The first kappa shape index (κ1) is 11.3. The maximum absolute atomic E-state index is 11.2. The highest BCUT2D eigenvalue weighted by atomic mass is 32.2. The van der Waals surface area contributed by atoms with E-state index in [0.717, 1.165) is 0 Å². The number of carbonyl (C=O) groups is 1. The van der Waals surface area contributed by atoms with E-state index in [2.05, 4.69) is 9.13 Å². The minimum atomic E-state index is -1.76. The third kappa shape index (κ3) is 2.83. The van der Waals surface area contributed by atoms with Crippen LogP contribution in [-0.2, 0) is 20.5 Å². The lowest BCUT2D eigenvalue weighted by molar-refractivity contribution is 0.0600. The number of rotatable bonds is 3. The van der Waals surface area contributed by atoms with Crippen molar-refractivity contribution in [2.45, 2.75) is 4.90 Å². The average molecular weight is 225 g/mol. The largest absolute Gasteiger partial charge is 0.465 e. The molecule has 0 spiro atoms. The maximum atomic E-state index is 11.2. The van der Waals surface area contributed by atoms with Crippen molar-refractivity contribution in [1.82, 2.24) is 0 Å². The standard InChI is InChI=1S/C9H7NO4S/c1-14-9(12)7-2-4-8(5-3-7)15(13)10-6-11/h2-5H,1H3. The lowest BCUT2D eigenvalue weighted by Gasteiger charge is -1.99. The highest BCUT2D eigenvalue weighted by Gasteiger charge is 2.06. The van der Waals surface area contributed by atoms with Gasteiger partial charge in [0.15, 0.2) is 11.0 Å². The molecule has 0 aliphatic heterocycles. The van der Waals surface area contributed by atoms with Crippen LogP contribution >= 0.6 is 0 Å². The van der Waals surface area contributed by atoms with Gasteiger partial charge in [0.1, 0.15) is 0 Å². The molecule has 0 N–H and O–H groups in total. The van der Waals surface area contributed by atoms with E-state index < -0.39 is 17.0 Å². The number of methoxy groups -OCH3 is 1. The zero-order chi connectivity index (χ0) is 11.3. The Balaban J connectivity index is 2.94. The Hall–Kier alpha value is -1.78. The molecule has 0 fully saturated rings. The van der Waals surface area contributed by atoms with Gasteiger partial charge in [-0.05, 0) is 24.3 Å². The van der Waals surface area contributed by atoms with Gasteiger partial charge in [-0.25, -0.2) is 13.8 Å². The van der Waals surface area contributed by atoms with E-state index in [0.29, 0.717) is 10.5 Å². The average Bonchev–Trinajstić information content (AvgIpc) is 2.28. The fourth-order valence-electron chi connectivity index (χ4n) is 0.912. The molecule has 0 bridgehead atoms. The van der Waals surface area contributed by atoms with Crippen molar-refractivity contribution in [3.63, 3.8) is 0 Å². The number of benzene rings is 1. The number of nitrogens with zero attached hydrogens (tertiary/aromatic N) is 1. The summed E-state index contributed by atoms with van der Waals surface area (Å²) in [6.45, 7) is 0. The number of esters is 1. The first-order valence-electron chi connectivity index (χ1n) is 3.87. The van der Waals surface area contributed by atoms with E-state index in [4.69, 9.17) is 0 Å². The molecule has 0 aliphatic carbocycles. The molecule has 1 unspecified atom stereocenters. The first-order chi connectivity index (χ1) is 7.19. The van der Waals surface area contributed by atoms with Crippen molar-refractivity contribution in [2.75, 3.05) is 7.11 Å². The molecule has 0 amide bonds. The van der Waals surface area contributed by atoms with Crippen molar-refractivity contribution in [1.29, 1.82) is 0 Å². The summed E-state index contributed by atoms with van der Waals surface area (Å²) in [5.41, 5.74) is 0.341. The van der Waals surface area contributed by atoms with E-state index >= 15 is 0 Å². The Morgan fingerprint density at radius 2 is 2.00 bits per heavy atom. The predicted octanol–water partition coefficient (Wildman–Crippen LogP) is 0.832. The normalized spacial score (nSPS) is 11.3. The molecule has 5 nitrogen and oxygen atoms in total. The SMILES string of the molecule is COC(=O)c1ccc(S(=O)N=C=O)cc1. The number of ether oxygens (including phenoxy) is 1. The monoisotopic (exact) mass is 225 g/mol. The molecule has 0 radical (unpaired) electrons. The van der Waals surface area contributed by atoms with Crippen LogP contribution in [0.25, 0.3) is 0 Å². The van der Waals surface area contributed by atoms with E-state index in [9.17, 15) is 13.8 Å². The van der Waals surface area contributed by atoms with Gasteiger partial charge in [0, 0.05) is 0 Å². The Kier molecular flexibility index (Phi) is 3.91. The summed E-state index contributed by atoms with van der Waals surface area (Å²) in [6, 6.07) is 5.76. The zero-order valence-corrected chi connectivity index (χ0v) is 8.61. The van der Waals surface area contributed by atoms with Crippen LogP contribution in [-0.4, -0.2) is 23.4 Å². The van der Waals surface area contributed by atoms with E-state index in [1.807, 2.05) is 0 Å². The molecule has 6 heteroatoms. The van der Waals surface area contributed by atoms with E-state index in [1.54, 1.807) is 0 Å². The second kappa shape index (κ2) is 5.19. The molecule has 0 saturated heterocycles. The fourth-order valence-corrected chi connectivity index (χ4v) is 1.45. The van der Waals surface area contributed by atoms with Crippen LogP contribution in [0.15, 0.2) is 33.6 Å². The van der Waals surface area contributed by atoms with Crippen LogP contribution < -0.4 is 0 Å². The summed E-state index contributed by atoms with van der Waals surface area (Å²) < 4.78 is 18.7. The van der Waals surface area contributed by atoms with Crippen LogP contribution in [0.4, 0.5) is 0 Å². The Morgan fingerprint density at radius 3 is 2.47 bits per heavy atom. The van der Waals surface area contributed by atoms with Crippen LogP contribution in [0, 0.1) is 0 Å². The number of carbonyl (C=O) groups excluding carboxylic acids is 2. The molecule has 78 valence electrons. The molecule has 0 saturated carbocycles. The third-order valence-corrected chi connectivity index (χ3v) is 2.51. The summed E-state index contributed by atoms with van der Waals surface area (Å²) >= 11 is 0. The van der Waals surface area contributed by atoms with Crippen molar-refractivity contribution in [3.8, 4) is 0 Å². The highest BCUT2D eigenvalue weighted by molar-refractivity contribution is 7.83. The van der Waals surface area contributed by atoms with Gasteiger partial charge in [-0.2, -0.15) is 0 Å². The van der Waals surface area contributed by atoms with Crippen molar-refractivity contribution >= 4 is 23.0 Å². The Labute approximate surface area is 88.4 Å². The summed E-state index contributed by atoms with van der Waals surface area (Å²) in [5.74, 6) is -0.480. The van der Waals surface area contributed by atoms with E-state index in [1.165, 1.54) is 37.5 Å². The molecule has 1 rings (SSSR count). The van der Waals surface area contributed by atoms with Gasteiger partial charge in [-0.1, -0.05) is 4.40 Å². The second-order valence-corrected chi connectivity index (χ2v) is 3.60. The minimum Gasteiger partial charge on any atom is -0.465 e. The smallest absolute Gasteiger partial charge is 0.337 e. The predicted molar refractivity (Wildman–Crippen MR) is 52.3 cm³/mol. The van der Waals surface area contributed by atoms with Gasteiger partial charge in [-0.3, -0.25) is 0 Å². The van der Waals surface area contributed by atoms with Crippen LogP contribution in [0.5, 0.6) is 0 Å². The number of hydrogen-bond acceptors (Lipinski definition) is 4. The topological polar surface area (TPSA) is 72.8 Å². The number of isocyanates is 1. The van der Waals surface area contributed by atoms with Gasteiger partial charge >= 0.3 is 5.97 Å². The molecule has 15 heavy (non-hydrogen) atoms. The molecular formula is C9H7NO4S. The lowest BCUT2D eigenvalue weighted by Crippen LogP contribution is -2.00. The van der Waals surface area contributed by atoms with Gasteiger partial charge in [0.25, 0.3) is 0 Å². The zero-order valence-electron chi connectivity index (χ0n) is 7.80. The van der Waals surface area contributed by atoms with Crippen LogP contribution in [0.2, 0.25) is 0 Å². The molecule has 0 heterocycles. The van der Waals surface area contributed by atoms with Gasteiger partial charge < -0.3 is 4.74 Å². The highest BCUT2D eigenvalue weighted by Crippen LogP contribution is 2.10. The third-order valence-electron chi connectivity index (χ3n) is 1.60. The maximum Gasteiger partial charge on any atom is 0.337 e. The quantitative estimate of drug-likeness (QED) is 0.434. The summed E-state index contributed by atoms with van der Waals surface area (Å²) in [7, 11) is -0.489. The van der Waals surface area contributed by atoms with E-state index in [-0.39, 0.29) is 0 Å². The van der Waals surface area contributed by atoms with Gasteiger partial charge in [-0.15, -0.1) is 0 Å². The molecular weight excluding hydrogens is 218 g/mol. The summed E-state index contributed by atoms with van der Waals surface area (Å²) in [4.78, 5) is 21.2. The molecule has 0 aromatic heterocycles. The van der Waals surface area contributed by atoms with Crippen molar-refractivity contribution in [2.24, 2.45) is 4.40 Å². The van der Waals surface area contributed by atoms with Crippen molar-refractivity contribution in [3.05, 3.63) is 29.8 Å². The van der Waals surface area contributed by atoms with Crippen LogP contribution in [0.1, 0.15) is 10.4 Å². The molecule has 1 atom stereocenters. The number of hydrogen-bond donors (Lipinski definition) is 0. The minimum absolute atomic E-state index is 0.325. The van der Waals surface area contributed by atoms with Gasteiger partial charge in [0.05, 0.1) is 17.6 Å². The first-order valence-corrected chi connectivity index (χ1v) is 4.98. The lowest BCUT2D eigenvalue weighted by atomic mass is 10.2. The van der Waals surface area contributed by atoms with Crippen LogP contribution in [0.3, 0.4) is 0 Å². The molecule has 1 aromatic carbocycles. The molecule has 1 aromatic rings. The van der Waals surface area contributed by atoms with Gasteiger partial charge in [0.2, 0.25) is 6.08 Å². The fraction of sp³-hybridized carbons (Fsp3) is 0.111. The Morgan fingerprint density at radius 1 is 1.40 bits per heavy atom. The summed E-state index contributed by atoms with van der Waals surface area (Å²) in [6.07, 6.45) is 1.20. The second-order valence-electron chi connectivity index (χ2n) is 2.45. The van der Waals surface area contributed by atoms with Crippen molar-refractivity contribution < 1.29 is 18.5 Å². The Bertz CT molecular complexity index is 434. The summed E-state index contributed by atoms with van der Waals surface area (Å²) in [5, 5.41) is 0.